The number of rotatable bonds is 4. The van der Waals surface area contributed by atoms with E-state index in [9.17, 15) is 0 Å². The molecule has 1 aliphatic rings. The molecular formula is C14H21NO2. The van der Waals surface area contributed by atoms with Gasteiger partial charge in [0.05, 0.1) is 19.3 Å². The zero-order valence-corrected chi connectivity index (χ0v) is 10.8. The van der Waals surface area contributed by atoms with Crippen LogP contribution in [0.4, 0.5) is 0 Å². The lowest BCUT2D eigenvalue weighted by molar-refractivity contribution is 0.0561. The first kappa shape index (κ1) is 12.4. The van der Waals surface area contributed by atoms with Gasteiger partial charge in [-0.25, -0.2) is 0 Å². The van der Waals surface area contributed by atoms with Crippen molar-refractivity contribution in [1.82, 2.24) is 5.32 Å². The number of fused-ring (bicyclic) bond motifs is 1. The van der Waals surface area contributed by atoms with Crippen LogP contribution in [0.25, 0.3) is 0 Å². The van der Waals surface area contributed by atoms with Gasteiger partial charge in [0.25, 0.3) is 0 Å². The van der Waals surface area contributed by atoms with Crippen molar-refractivity contribution in [2.45, 2.75) is 31.9 Å². The normalized spacial score (nSPS) is 23.2. The highest BCUT2D eigenvalue weighted by Gasteiger charge is 2.28. The van der Waals surface area contributed by atoms with E-state index in [0.29, 0.717) is 6.04 Å². The lowest BCUT2D eigenvalue weighted by Gasteiger charge is -2.33. The highest BCUT2D eigenvalue weighted by Crippen LogP contribution is 2.33. The second-order valence-electron chi connectivity index (χ2n) is 4.41. The van der Waals surface area contributed by atoms with Crippen molar-refractivity contribution < 1.29 is 9.47 Å². The fraction of sp³-hybridized carbons (Fsp3) is 0.571. The van der Waals surface area contributed by atoms with Crippen molar-refractivity contribution >= 4 is 0 Å². The van der Waals surface area contributed by atoms with Gasteiger partial charge in [-0.05, 0) is 42.6 Å². The van der Waals surface area contributed by atoms with E-state index in [1.165, 1.54) is 11.1 Å². The molecule has 0 radical (unpaired) electrons. The number of aryl methyl sites for hydroxylation is 1. The molecule has 2 atom stereocenters. The van der Waals surface area contributed by atoms with Crippen LogP contribution in [0.1, 0.15) is 30.5 Å². The molecule has 0 aliphatic heterocycles. The lowest BCUT2D eigenvalue weighted by atomic mass is 9.85. The van der Waals surface area contributed by atoms with Gasteiger partial charge in [0.15, 0.2) is 0 Å². The Hall–Kier alpha value is -1.06. The number of ether oxygens (including phenoxy) is 2. The maximum atomic E-state index is 5.58. The monoisotopic (exact) mass is 235 g/mol. The number of hydrogen-bond donors (Lipinski definition) is 1. The summed E-state index contributed by atoms with van der Waals surface area (Å²) in [5.41, 5.74) is 2.73. The van der Waals surface area contributed by atoms with Crippen LogP contribution in [0.2, 0.25) is 0 Å². The van der Waals surface area contributed by atoms with E-state index in [4.69, 9.17) is 9.47 Å². The molecule has 0 bridgehead atoms. The summed E-state index contributed by atoms with van der Waals surface area (Å²) >= 11 is 0. The fourth-order valence-corrected chi connectivity index (χ4v) is 2.61. The molecule has 1 aromatic carbocycles. The van der Waals surface area contributed by atoms with Crippen molar-refractivity contribution in [3.8, 4) is 5.75 Å². The van der Waals surface area contributed by atoms with Crippen LogP contribution < -0.4 is 10.1 Å². The number of hydrogen-bond acceptors (Lipinski definition) is 3. The zero-order valence-electron chi connectivity index (χ0n) is 10.8. The molecular weight excluding hydrogens is 214 g/mol. The minimum Gasteiger partial charge on any atom is -0.497 e. The molecule has 3 nitrogen and oxygen atoms in total. The van der Waals surface area contributed by atoms with Crippen LogP contribution in [-0.4, -0.2) is 26.9 Å². The molecule has 0 heterocycles. The molecule has 1 aliphatic carbocycles. The van der Waals surface area contributed by atoms with E-state index >= 15 is 0 Å². The van der Waals surface area contributed by atoms with Gasteiger partial charge in [-0.3, -0.25) is 0 Å². The van der Waals surface area contributed by atoms with Crippen LogP contribution in [0, 0.1) is 0 Å². The number of benzene rings is 1. The molecule has 0 saturated carbocycles. The van der Waals surface area contributed by atoms with Gasteiger partial charge in [0, 0.05) is 7.11 Å². The van der Waals surface area contributed by atoms with Crippen molar-refractivity contribution in [2.75, 3.05) is 20.8 Å². The largest absolute Gasteiger partial charge is 0.497 e. The van der Waals surface area contributed by atoms with Gasteiger partial charge in [-0.15, -0.1) is 0 Å². The number of methoxy groups -OCH3 is 2. The predicted octanol–water partition coefficient (Wildman–Crippen LogP) is 2.31. The second kappa shape index (κ2) is 5.52. The maximum Gasteiger partial charge on any atom is 0.119 e. The molecule has 94 valence electrons. The Morgan fingerprint density at radius 1 is 1.35 bits per heavy atom. The van der Waals surface area contributed by atoms with E-state index in [2.05, 4.69) is 24.4 Å². The standard InChI is InChI=1S/C14H21NO2/c1-4-15-14-12-7-6-11(16-2)9-10(12)5-8-13(14)17-3/h6-7,9,13-15H,4-5,8H2,1-3H3. The van der Waals surface area contributed by atoms with Crippen LogP contribution in [-0.2, 0) is 11.2 Å². The van der Waals surface area contributed by atoms with Gasteiger partial charge < -0.3 is 14.8 Å². The average molecular weight is 235 g/mol. The van der Waals surface area contributed by atoms with Crippen molar-refractivity contribution in [2.24, 2.45) is 0 Å². The van der Waals surface area contributed by atoms with Crippen molar-refractivity contribution in [3.05, 3.63) is 29.3 Å². The summed E-state index contributed by atoms with van der Waals surface area (Å²) < 4.78 is 10.9. The molecule has 1 aromatic rings. The molecule has 17 heavy (non-hydrogen) atoms. The quantitative estimate of drug-likeness (QED) is 0.868. The second-order valence-corrected chi connectivity index (χ2v) is 4.41. The maximum absolute atomic E-state index is 5.58. The van der Waals surface area contributed by atoms with Crippen LogP contribution in [0.3, 0.4) is 0 Å². The predicted molar refractivity (Wildman–Crippen MR) is 68.5 cm³/mol. The van der Waals surface area contributed by atoms with Crippen LogP contribution in [0.15, 0.2) is 18.2 Å². The topological polar surface area (TPSA) is 30.5 Å². The van der Waals surface area contributed by atoms with Gasteiger partial charge in [-0.2, -0.15) is 0 Å². The lowest BCUT2D eigenvalue weighted by Crippen LogP contribution is -2.37. The first-order chi connectivity index (χ1) is 8.30. The van der Waals surface area contributed by atoms with Crippen LogP contribution in [0.5, 0.6) is 5.75 Å². The average Bonchev–Trinajstić information content (AvgIpc) is 2.38. The van der Waals surface area contributed by atoms with E-state index in [1.807, 2.05) is 6.07 Å². The summed E-state index contributed by atoms with van der Waals surface area (Å²) in [6, 6.07) is 6.64. The Morgan fingerprint density at radius 3 is 2.82 bits per heavy atom. The van der Waals surface area contributed by atoms with E-state index in [1.54, 1.807) is 14.2 Å². The van der Waals surface area contributed by atoms with Crippen LogP contribution >= 0.6 is 0 Å². The first-order valence-corrected chi connectivity index (χ1v) is 6.23. The highest BCUT2D eigenvalue weighted by atomic mass is 16.5. The summed E-state index contributed by atoms with van der Waals surface area (Å²) in [5, 5.41) is 3.51. The summed E-state index contributed by atoms with van der Waals surface area (Å²) in [7, 11) is 3.51. The molecule has 0 fully saturated rings. The third-order valence-corrected chi connectivity index (χ3v) is 3.48. The Kier molecular flexibility index (Phi) is 4.02. The zero-order chi connectivity index (χ0) is 12.3. The minimum atomic E-state index is 0.274. The number of likely N-dealkylation sites (N-methyl/N-ethyl adjacent to an activating group) is 1. The number of nitrogens with one attached hydrogen (secondary N) is 1. The summed E-state index contributed by atoms with van der Waals surface area (Å²) in [6.45, 7) is 3.08. The first-order valence-electron chi connectivity index (χ1n) is 6.23. The molecule has 0 spiro atoms. The molecule has 2 unspecified atom stereocenters. The molecule has 2 rings (SSSR count). The minimum absolute atomic E-state index is 0.274. The van der Waals surface area contributed by atoms with Gasteiger partial charge >= 0.3 is 0 Å². The molecule has 0 amide bonds. The Labute approximate surface area is 103 Å². The molecule has 1 N–H and O–H groups in total. The van der Waals surface area contributed by atoms with Gasteiger partial charge in [0.2, 0.25) is 0 Å². The van der Waals surface area contributed by atoms with Crippen molar-refractivity contribution in [1.29, 1.82) is 0 Å². The summed E-state index contributed by atoms with van der Waals surface area (Å²) in [5.74, 6) is 0.940. The SMILES string of the molecule is CCNC1c2ccc(OC)cc2CCC1OC. The van der Waals surface area contributed by atoms with E-state index in [-0.39, 0.29) is 6.10 Å². The molecule has 0 aromatic heterocycles. The summed E-state index contributed by atoms with van der Waals surface area (Å²) in [6.07, 6.45) is 2.40. The van der Waals surface area contributed by atoms with Gasteiger partial charge in [-0.1, -0.05) is 13.0 Å². The Morgan fingerprint density at radius 2 is 2.18 bits per heavy atom. The Bertz CT molecular complexity index is 378. The third kappa shape index (κ3) is 2.45. The van der Waals surface area contributed by atoms with Crippen molar-refractivity contribution in [3.63, 3.8) is 0 Å². The highest BCUT2D eigenvalue weighted by molar-refractivity contribution is 5.39. The molecule has 0 saturated heterocycles. The van der Waals surface area contributed by atoms with Gasteiger partial charge in [0.1, 0.15) is 5.75 Å². The summed E-state index contributed by atoms with van der Waals surface area (Å²) in [4.78, 5) is 0. The van der Waals surface area contributed by atoms with E-state index < -0.39 is 0 Å². The fourth-order valence-electron chi connectivity index (χ4n) is 2.61. The smallest absolute Gasteiger partial charge is 0.119 e. The van der Waals surface area contributed by atoms with E-state index in [0.717, 1.165) is 25.1 Å². The molecule has 3 heteroatoms. The third-order valence-electron chi connectivity index (χ3n) is 3.48. The Balaban J connectivity index is 2.32.